The van der Waals surface area contributed by atoms with Crippen LogP contribution in [0.25, 0.3) is 0 Å². The fourth-order valence-corrected chi connectivity index (χ4v) is 1.55. The summed E-state index contributed by atoms with van der Waals surface area (Å²) in [6.07, 6.45) is 0. The number of hydrogen-bond donors (Lipinski definition) is 2. The normalized spacial score (nSPS) is 11.2. The van der Waals surface area contributed by atoms with Crippen molar-refractivity contribution in [2.75, 3.05) is 18.5 Å². The molecular weight excluding hydrogens is 222 g/mol. The average Bonchev–Trinajstić information content (AvgIpc) is 2.15. The Bertz CT molecular complexity index is 387. The largest absolute Gasteiger partial charge is 0.389 e. The lowest BCUT2D eigenvalue weighted by Gasteiger charge is -2.26. The Labute approximate surface area is 101 Å². The molecular formula is C11H17N3OS. The van der Waals surface area contributed by atoms with Gasteiger partial charge in [-0.25, -0.2) is 4.98 Å². The lowest BCUT2D eigenvalue weighted by Crippen LogP contribution is -2.36. The molecule has 16 heavy (non-hydrogen) atoms. The SMILES string of the molecule is CN(CC(C)(C)O)c1cccc(C(N)=S)n1. The molecule has 4 nitrogen and oxygen atoms in total. The number of hydrogen-bond acceptors (Lipinski definition) is 4. The lowest BCUT2D eigenvalue weighted by molar-refractivity contribution is 0.0884. The fraction of sp³-hybridized carbons (Fsp3) is 0.455. The van der Waals surface area contributed by atoms with Gasteiger partial charge in [-0.2, -0.15) is 0 Å². The summed E-state index contributed by atoms with van der Waals surface area (Å²) in [5, 5.41) is 9.71. The van der Waals surface area contributed by atoms with Crippen molar-refractivity contribution in [2.24, 2.45) is 5.73 Å². The third-order valence-corrected chi connectivity index (χ3v) is 2.21. The van der Waals surface area contributed by atoms with Crippen LogP contribution in [-0.4, -0.2) is 34.3 Å². The van der Waals surface area contributed by atoms with Crippen molar-refractivity contribution in [3.05, 3.63) is 23.9 Å². The minimum atomic E-state index is -0.768. The molecule has 0 aliphatic rings. The third kappa shape index (κ3) is 3.75. The molecule has 88 valence electrons. The number of anilines is 1. The van der Waals surface area contributed by atoms with Crippen molar-refractivity contribution in [1.82, 2.24) is 4.98 Å². The number of rotatable bonds is 4. The van der Waals surface area contributed by atoms with E-state index in [9.17, 15) is 5.11 Å². The van der Waals surface area contributed by atoms with Gasteiger partial charge in [-0.1, -0.05) is 18.3 Å². The zero-order valence-electron chi connectivity index (χ0n) is 9.77. The van der Waals surface area contributed by atoms with E-state index in [1.165, 1.54) is 0 Å². The number of nitrogens with two attached hydrogens (primary N) is 1. The highest BCUT2D eigenvalue weighted by molar-refractivity contribution is 7.80. The second kappa shape index (κ2) is 4.76. The monoisotopic (exact) mass is 239 g/mol. The molecule has 0 bridgehead atoms. The minimum absolute atomic E-state index is 0.276. The Balaban J connectivity index is 2.87. The zero-order valence-corrected chi connectivity index (χ0v) is 10.6. The molecule has 0 aliphatic carbocycles. The van der Waals surface area contributed by atoms with Gasteiger partial charge in [0.15, 0.2) is 0 Å². The number of aliphatic hydroxyl groups is 1. The van der Waals surface area contributed by atoms with Gasteiger partial charge in [0.25, 0.3) is 0 Å². The van der Waals surface area contributed by atoms with Crippen molar-refractivity contribution in [2.45, 2.75) is 19.4 Å². The summed E-state index contributed by atoms with van der Waals surface area (Å²) < 4.78 is 0. The molecule has 5 heteroatoms. The quantitative estimate of drug-likeness (QED) is 0.765. The van der Waals surface area contributed by atoms with Crippen LogP contribution >= 0.6 is 12.2 Å². The van der Waals surface area contributed by atoms with Crippen LogP contribution in [0, 0.1) is 0 Å². The summed E-state index contributed by atoms with van der Waals surface area (Å²) in [5.41, 5.74) is 5.34. The number of thiocarbonyl (C=S) groups is 1. The minimum Gasteiger partial charge on any atom is -0.389 e. The van der Waals surface area contributed by atoms with Crippen molar-refractivity contribution in [1.29, 1.82) is 0 Å². The molecule has 1 aromatic heterocycles. The van der Waals surface area contributed by atoms with E-state index >= 15 is 0 Å². The van der Waals surface area contributed by atoms with Gasteiger partial charge < -0.3 is 15.7 Å². The third-order valence-electron chi connectivity index (χ3n) is 2.00. The number of likely N-dealkylation sites (N-methyl/N-ethyl adjacent to an activating group) is 1. The van der Waals surface area contributed by atoms with Crippen molar-refractivity contribution in [3.8, 4) is 0 Å². The van der Waals surface area contributed by atoms with Crippen LogP contribution < -0.4 is 10.6 Å². The van der Waals surface area contributed by atoms with Gasteiger partial charge in [0.05, 0.1) is 11.3 Å². The summed E-state index contributed by atoms with van der Waals surface area (Å²) in [6, 6.07) is 5.47. The molecule has 3 N–H and O–H groups in total. The Hall–Kier alpha value is -1.20. The Morgan fingerprint density at radius 2 is 2.19 bits per heavy atom. The second-order valence-corrected chi connectivity index (χ2v) is 4.85. The molecule has 0 fully saturated rings. The number of aromatic nitrogens is 1. The summed E-state index contributed by atoms with van der Waals surface area (Å²) >= 11 is 4.87. The molecule has 0 spiro atoms. The topological polar surface area (TPSA) is 62.4 Å². The maximum absolute atomic E-state index is 9.71. The van der Waals surface area contributed by atoms with Gasteiger partial charge >= 0.3 is 0 Å². The predicted molar refractivity (Wildman–Crippen MR) is 69.7 cm³/mol. The first kappa shape index (κ1) is 12.9. The second-order valence-electron chi connectivity index (χ2n) is 4.41. The van der Waals surface area contributed by atoms with Crippen LogP contribution in [0.15, 0.2) is 18.2 Å². The van der Waals surface area contributed by atoms with Crippen LogP contribution in [0.5, 0.6) is 0 Å². The van der Waals surface area contributed by atoms with E-state index in [-0.39, 0.29) is 4.99 Å². The van der Waals surface area contributed by atoms with E-state index in [0.29, 0.717) is 12.2 Å². The standard InChI is InChI=1S/C11H17N3OS/c1-11(2,15)7-14(3)9-6-4-5-8(13-9)10(12)16/h4-6,15H,7H2,1-3H3,(H2,12,16). The van der Waals surface area contributed by atoms with E-state index in [4.69, 9.17) is 18.0 Å². The van der Waals surface area contributed by atoms with Crippen molar-refractivity contribution < 1.29 is 5.11 Å². The molecule has 0 unspecified atom stereocenters. The van der Waals surface area contributed by atoms with Gasteiger partial charge in [0.2, 0.25) is 0 Å². The molecule has 0 aromatic carbocycles. The smallest absolute Gasteiger partial charge is 0.129 e. The van der Waals surface area contributed by atoms with E-state index in [0.717, 1.165) is 5.82 Å². The molecule has 0 saturated carbocycles. The van der Waals surface area contributed by atoms with Crippen LogP contribution in [0.1, 0.15) is 19.5 Å². The Kier molecular flexibility index (Phi) is 3.83. The van der Waals surface area contributed by atoms with E-state index < -0.39 is 5.60 Å². The highest BCUT2D eigenvalue weighted by Crippen LogP contribution is 2.13. The molecule has 1 heterocycles. The molecule has 0 saturated heterocycles. The lowest BCUT2D eigenvalue weighted by atomic mass is 10.1. The van der Waals surface area contributed by atoms with Gasteiger partial charge in [-0.15, -0.1) is 0 Å². The maximum atomic E-state index is 9.71. The van der Waals surface area contributed by atoms with E-state index in [1.807, 2.05) is 24.1 Å². The maximum Gasteiger partial charge on any atom is 0.129 e. The Morgan fingerprint density at radius 1 is 1.56 bits per heavy atom. The highest BCUT2D eigenvalue weighted by atomic mass is 32.1. The zero-order chi connectivity index (χ0) is 12.3. The molecule has 0 atom stereocenters. The fourth-order valence-electron chi connectivity index (χ4n) is 1.43. The molecule has 1 aromatic rings. The van der Waals surface area contributed by atoms with Gasteiger partial charge in [0.1, 0.15) is 10.8 Å². The van der Waals surface area contributed by atoms with Gasteiger partial charge in [-0.3, -0.25) is 0 Å². The first-order chi connectivity index (χ1) is 7.29. The number of pyridine rings is 1. The molecule has 0 aliphatic heterocycles. The summed E-state index contributed by atoms with van der Waals surface area (Å²) in [7, 11) is 1.86. The van der Waals surface area contributed by atoms with Crippen LogP contribution in [-0.2, 0) is 0 Å². The summed E-state index contributed by atoms with van der Waals surface area (Å²) in [5.74, 6) is 0.743. The molecule has 0 radical (unpaired) electrons. The van der Waals surface area contributed by atoms with Crippen LogP contribution in [0.2, 0.25) is 0 Å². The Morgan fingerprint density at radius 3 is 2.69 bits per heavy atom. The average molecular weight is 239 g/mol. The van der Waals surface area contributed by atoms with Gasteiger partial charge in [-0.05, 0) is 26.0 Å². The molecule has 1 rings (SSSR count). The first-order valence-electron chi connectivity index (χ1n) is 5.00. The van der Waals surface area contributed by atoms with Crippen molar-refractivity contribution in [3.63, 3.8) is 0 Å². The van der Waals surface area contributed by atoms with Crippen LogP contribution in [0.4, 0.5) is 5.82 Å². The predicted octanol–water partition coefficient (Wildman–Crippen LogP) is 0.923. The highest BCUT2D eigenvalue weighted by Gasteiger charge is 2.16. The molecule has 0 amide bonds. The summed E-state index contributed by atoms with van der Waals surface area (Å²) in [4.78, 5) is 6.44. The van der Waals surface area contributed by atoms with E-state index in [1.54, 1.807) is 19.9 Å². The van der Waals surface area contributed by atoms with Crippen molar-refractivity contribution >= 4 is 23.0 Å². The first-order valence-corrected chi connectivity index (χ1v) is 5.41. The van der Waals surface area contributed by atoms with E-state index in [2.05, 4.69) is 4.98 Å². The number of nitrogens with zero attached hydrogens (tertiary/aromatic N) is 2. The van der Waals surface area contributed by atoms with Crippen LogP contribution in [0.3, 0.4) is 0 Å². The summed E-state index contributed by atoms with van der Waals surface area (Å²) in [6.45, 7) is 3.99. The van der Waals surface area contributed by atoms with Gasteiger partial charge in [0, 0.05) is 13.6 Å².